The number of pyridine rings is 1. The van der Waals surface area contributed by atoms with Crippen LogP contribution in [0.3, 0.4) is 0 Å². The van der Waals surface area contributed by atoms with Crippen LogP contribution in [0.25, 0.3) is 22.3 Å². The maximum absolute atomic E-state index is 15.4. The van der Waals surface area contributed by atoms with Gasteiger partial charge in [-0.3, -0.25) is 0 Å². The molecule has 1 aliphatic rings. The summed E-state index contributed by atoms with van der Waals surface area (Å²) in [6.45, 7) is 1.46. The molecule has 0 amide bonds. The normalized spacial score (nSPS) is 14.4. The molecule has 10 heteroatoms. The predicted octanol–water partition coefficient (Wildman–Crippen LogP) is 5.48. The summed E-state index contributed by atoms with van der Waals surface area (Å²) in [6.07, 6.45) is 1.22. The molecule has 0 unspecified atom stereocenters. The van der Waals surface area contributed by atoms with Crippen LogP contribution in [0, 0.1) is 23.0 Å². The molecule has 1 fully saturated rings. The number of benzene rings is 3. The molecule has 42 heavy (non-hydrogen) atoms. The van der Waals surface area contributed by atoms with Gasteiger partial charge in [-0.2, -0.15) is 5.26 Å². The Hall–Kier alpha value is -5.14. The molecule has 210 valence electrons. The van der Waals surface area contributed by atoms with Crippen LogP contribution < -0.4 is 10.1 Å². The second-order valence-corrected chi connectivity index (χ2v) is 10.1. The molecule has 8 nitrogen and oxygen atoms in total. The number of nitrogens with zero attached hydrogens (tertiary/aromatic N) is 4. The van der Waals surface area contributed by atoms with Gasteiger partial charge in [0.05, 0.1) is 33.9 Å². The van der Waals surface area contributed by atoms with E-state index in [1.54, 1.807) is 42.5 Å². The Kier molecular flexibility index (Phi) is 7.33. The maximum Gasteiger partial charge on any atom is 0.335 e. The molecule has 6 rings (SSSR count). The van der Waals surface area contributed by atoms with Gasteiger partial charge in [0.15, 0.2) is 0 Å². The Morgan fingerprint density at radius 2 is 1.86 bits per heavy atom. The van der Waals surface area contributed by atoms with Crippen molar-refractivity contribution in [2.45, 2.75) is 32.0 Å². The molecular formula is C32H25F2N5O3. The first kappa shape index (κ1) is 27.1. The summed E-state index contributed by atoms with van der Waals surface area (Å²) in [4.78, 5) is 20.7. The average Bonchev–Trinajstić information content (AvgIpc) is 3.31. The Morgan fingerprint density at radius 3 is 2.57 bits per heavy atom. The van der Waals surface area contributed by atoms with Crippen molar-refractivity contribution in [3.8, 4) is 23.2 Å². The molecular weight excluding hydrogens is 540 g/mol. The van der Waals surface area contributed by atoms with E-state index in [1.165, 1.54) is 24.3 Å². The highest BCUT2D eigenvalue weighted by Crippen LogP contribution is 2.26. The first-order chi connectivity index (χ1) is 20.4. The van der Waals surface area contributed by atoms with E-state index in [4.69, 9.17) is 15.0 Å². The van der Waals surface area contributed by atoms with Gasteiger partial charge in [-0.25, -0.2) is 23.5 Å². The lowest BCUT2D eigenvalue weighted by Crippen LogP contribution is -2.45. The molecule has 0 aliphatic carbocycles. The predicted molar refractivity (Wildman–Crippen MR) is 151 cm³/mol. The molecule has 1 aliphatic heterocycles. The molecule has 1 saturated heterocycles. The Labute approximate surface area is 239 Å². The van der Waals surface area contributed by atoms with Crippen LogP contribution in [0.4, 0.5) is 8.78 Å². The van der Waals surface area contributed by atoms with Crippen LogP contribution in [-0.2, 0) is 19.6 Å². The SMILES string of the molecule is N#Cc1ccc(COc2cccc(-c3ccc(Cc4nc5ccc(C(=O)O)cc5n4C[C@H]4CCN4)c(F)c3)n2)c(F)c1. The summed E-state index contributed by atoms with van der Waals surface area (Å²) >= 11 is 0. The van der Waals surface area contributed by atoms with Gasteiger partial charge in [0.1, 0.15) is 24.1 Å². The maximum atomic E-state index is 15.4. The monoisotopic (exact) mass is 565 g/mol. The number of nitrogens with one attached hydrogen (secondary N) is 1. The summed E-state index contributed by atoms with van der Waals surface area (Å²) in [7, 11) is 0. The van der Waals surface area contributed by atoms with Gasteiger partial charge >= 0.3 is 5.97 Å². The number of hydrogen-bond acceptors (Lipinski definition) is 6. The number of ether oxygens (including phenoxy) is 1. The number of nitriles is 1. The third-order valence-corrected chi connectivity index (χ3v) is 7.38. The van der Waals surface area contributed by atoms with Crippen molar-refractivity contribution < 1.29 is 23.4 Å². The number of fused-ring (bicyclic) bond motifs is 1. The third-order valence-electron chi connectivity index (χ3n) is 7.38. The number of carboxylic acids is 1. The van der Waals surface area contributed by atoms with Crippen LogP contribution in [0.5, 0.6) is 5.88 Å². The van der Waals surface area contributed by atoms with E-state index in [1.807, 2.05) is 10.6 Å². The molecule has 0 bridgehead atoms. The number of imidazole rings is 1. The van der Waals surface area contributed by atoms with E-state index >= 15 is 4.39 Å². The van der Waals surface area contributed by atoms with Crippen molar-refractivity contribution in [3.63, 3.8) is 0 Å². The highest BCUT2D eigenvalue weighted by molar-refractivity contribution is 5.92. The highest BCUT2D eigenvalue weighted by atomic mass is 19.1. The molecule has 0 spiro atoms. The standard InChI is InChI=1S/C32H25F2N5O3/c33-25-12-19(16-35)4-5-23(25)18-42-31-3-1-2-27(38-31)21-7-6-20(26(34)13-21)15-30-37-28-9-8-22(32(40)41)14-29(28)39(30)17-24-10-11-36-24/h1-9,12-14,24,36H,10-11,15,17-18H2,(H,40,41)/t24-/m1/s1. The number of carbonyl (C=O) groups is 1. The second kappa shape index (κ2) is 11.4. The fourth-order valence-corrected chi connectivity index (χ4v) is 4.93. The smallest absolute Gasteiger partial charge is 0.335 e. The van der Waals surface area contributed by atoms with Crippen molar-refractivity contribution in [2.24, 2.45) is 0 Å². The third kappa shape index (κ3) is 5.55. The van der Waals surface area contributed by atoms with Crippen molar-refractivity contribution in [3.05, 3.63) is 113 Å². The highest BCUT2D eigenvalue weighted by Gasteiger charge is 2.22. The van der Waals surface area contributed by atoms with Crippen molar-refractivity contribution >= 4 is 17.0 Å². The fourth-order valence-electron chi connectivity index (χ4n) is 4.93. The Bertz CT molecular complexity index is 1860. The topological polar surface area (TPSA) is 113 Å². The molecule has 5 aromatic rings. The molecule has 2 aromatic heterocycles. The lowest BCUT2D eigenvalue weighted by Gasteiger charge is -2.28. The molecule has 3 aromatic carbocycles. The minimum absolute atomic E-state index is 0.0768. The minimum Gasteiger partial charge on any atom is -0.478 e. The van der Waals surface area contributed by atoms with E-state index in [0.717, 1.165) is 19.0 Å². The number of hydrogen-bond donors (Lipinski definition) is 2. The van der Waals surface area contributed by atoms with Crippen molar-refractivity contribution in [2.75, 3.05) is 6.54 Å². The largest absolute Gasteiger partial charge is 0.478 e. The summed E-state index contributed by atoms with van der Waals surface area (Å²) in [5, 5.41) is 21.7. The van der Waals surface area contributed by atoms with E-state index in [9.17, 15) is 14.3 Å². The van der Waals surface area contributed by atoms with Gasteiger partial charge in [0, 0.05) is 36.2 Å². The second-order valence-electron chi connectivity index (χ2n) is 10.1. The first-order valence-corrected chi connectivity index (χ1v) is 13.4. The Balaban J connectivity index is 1.23. The molecule has 0 radical (unpaired) electrons. The van der Waals surface area contributed by atoms with Gasteiger partial charge < -0.3 is 19.7 Å². The molecule has 3 heterocycles. The van der Waals surface area contributed by atoms with E-state index in [2.05, 4.69) is 10.3 Å². The van der Waals surface area contributed by atoms with Gasteiger partial charge in [0.25, 0.3) is 0 Å². The van der Waals surface area contributed by atoms with Crippen molar-refractivity contribution in [1.82, 2.24) is 19.9 Å². The van der Waals surface area contributed by atoms with E-state index in [-0.39, 0.29) is 41.6 Å². The lowest BCUT2D eigenvalue weighted by atomic mass is 10.0. The van der Waals surface area contributed by atoms with Gasteiger partial charge in [0.2, 0.25) is 5.88 Å². The first-order valence-electron chi connectivity index (χ1n) is 13.4. The van der Waals surface area contributed by atoms with Crippen LogP contribution in [0.1, 0.15) is 39.3 Å². The zero-order chi connectivity index (χ0) is 29.2. The van der Waals surface area contributed by atoms with E-state index in [0.29, 0.717) is 40.2 Å². The number of carboxylic acid groups (broad SMARTS) is 1. The number of aromatic nitrogens is 3. The van der Waals surface area contributed by atoms with Crippen LogP contribution in [0.15, 0.2) is 72.8 Å². The van der Waals surface area contributed by atoms with Gasteiger partial charge in [-0.05, 0) is 61.0 Å². The zero-order valence-corrected chi connectivity index (χ0v) is 22.3. The van der Waals surface area contributed by atoms with Gasteiger partial charge in [-0.15, -0.1) is 0 Å². The number of halogens is 2. The number of aromatic carboxylic acids is 1. The summed E-state index contributed by atoms with van der Waals surface area (Å²) in [5.74, 6) is -1.08. The lowest BCUT2D eigenvalue weighted by molar-refractivity contribution is 0.0697. The van der Waals surface area contributed by atoms with Crippen LogP contribution in [-0.4, -0.2) is 38.2 Å². The van der Waals surface area contributed by atoms with Crippen LogP contribution >= 0.6 is 0 Å². The quantitative estimate of drug-likeness (QED) is 0.243. The molecule has 2 N–H and O–H groups in total. The zero-order valence-electron chi connectivity index (χ0n) is 22.3. The number of rotatable bonds is 9. The summed E-state index contributed by atoms with van der Waals surface area (Å²) in [5.41, 5.74) is 3.53. The van der Waals surface area contributed by atoms with Crippen LogP contribution in [0.2, 0.25) is 0 Å². The Morgan fingerprint density at radius 1 is 1.05 bits per heavy atom. The summed E-state index contributed by atoms with van der Waals surface area (Å²) in [6, 6.07) is 21.1. The van der Waals surface area contributed by atoms with Crippen molar-refractivity contribution in [1.29, 1.82) is 5.26 Å². The molecule has 1 atom stereocenters. The molecule has 0 saturated carbocycles. The average molecular weight is 566 g/mol. The summed E-state index contributed by atoms with van der Waals surface area (Å²) < 4.78 is 37.3. The van der Waals surface area contributed by atoms with Gasteiger partial charge in [-0.1, -0.05) is 24.3 Å². The fraction of sp³-hybridized carbons (Fsp3) is 0.188. The minimum atomic E-state index is -1.01. The van der Waals surface area contributed by atoms with E-state index < -0.39 is 17.6 Å².